The summed E-state index contributed by atoms with van der Waals surface area (Å²) in [4.78, 5) is 20.5. The molecule has 0 unspecified atom stereocenters. The van der Waals surface area contributed by atoms with Crippen molar-refractivity contribution in [2.45, 2.75) is 26.3 Å². The molecule has 31 heavy (non-hydrogen) atoms. The third kappa shape index (κ3) is 3.98. The summed E-state index contributed by atoms with van der Waals surface area (Å²) in [5.41, 5.74) is 2.68. The van der Waals surface area contributed by atoms with E-state index in [1.807, 2.05) is 48.5 Å². The van der Waals surface area contributed by atoms with Gasteiger partial charge in [-0.3, -0.25) is 4.79 Å². The van der Waals surface area contributed by atoms with E-state index in [-0.39, 0.29) is 5.91 Å². The number of piperidine rings is 1. The summed E-state index contributed by atoms with van der Waals surface area (Å²) < 4.78 is 0. The SMILES string of the molecule is C[C@@H]1CCCN(c2cc(C(=O)NCc3cccc4ccccc34)c3ccccc3n2)C1. The summed E-state index contributed by atoms with van der Waals surface area (Å²) in [6.07, 6.45) is 2.42. The fraction of sp³-hybridized carbons (Fsp3) is 0.259. The normalized spacial score (nSPS) is 16.5. The van der Waals surface area contributed by atoms with E-state index in [9.17, 15) is 4.79 Å². The van der Waals surface area contributed by atoms with Gasteiger partial charge in [0.25, 0.3) is 5.91 Å². The van der Waals surface area contributed by atoms with Crippen LogP contribution in [0.25, 0.3) is 21.7 Å². The first kappa shape index (κ1) is 19.6. The first-order valence-electron chi connectivity index (χ1n) is 11.1. The van der Waals surface area contributed by atoms with Gasteiger partial charge in [0.1, 0.15) is 5.82 Å². The highest BCUT2D eigenvalue weighted by Crippen LogP contribution is 2.27. The first-order chi connectivity index (χ1) is 15.2. The molecule has 0 saturated carbocycles. The van der Waals surface area contributed by atoms with Crippen molar-refractivity contribution in [3.05, 3.63) is 83.9 Å². The van der Waals surface area contributed by atoms with Crippen molar-refractivity contribution >= 4 is 33.4 Å². The highest BCUT2D eigenvalue weighted by atomic mass is 16.1. The standard InChI is InChI=1S/C27H27N3O/c1-19-8-7-15-30(18-19)26-16-24(23-13-4-5-14-25(23)29-26)27(31)28-17-21-11-6-10-20-9-2-3-12-22(20)21/h2-6,9-14,16,19H,7-8,15,17-18H2,1H3,(H,28,31)/t19-/m1/s1. The third-order valence-electron chi connectivity index (χ3n) is 6.25. The number of fused-ring (bicyclic) bond motifs is 2. The summed E-state index contributed by atoms with van der Waals surface area (Å²) in [7, 11) is 0. The van der Waals surface area contributed by atoms with E-state index in [1.165, 1.54) is 17.2 Å². The van der Waals surface area contributed by atoms with Crippen molar-refractivity contribution in [2.24, 2.45) is 5.92 Å². The number of amides is 1. The van der Waals surface area contributed by atoms with E-state index in [1.54, 1.807) is 0 Å². The van der Waals surface area contributed by atoms with Crippen molar-refractivity contribution in [3.63, 3.8) is 0 Å². The molecular formula is C27H27N3O. The highest BCUT2D eigenvalue weighted by molar-refractivity contribution is 6.07. The molecule has 0 aliphatic carbocycles. The summed E-state index contributed by atoms with van der Waals surface area (Å²) in [6.45, 7) is 4.76. The summed E-state index contributed by atoms with van der Waals surface area (Å²) in [6, 6.07) is 24.4. The van der Waals surface area contributed by atoms with E-state index in [0.29, 0.717) is 18.0 Å². The van der Waals surface area contributed by atoms with Gasteiger partial charge in [-0.15, -0.1) is 0 Å². The summed E-state index contributed by atoms with van der Waals surface area (Å²) in [5.74, 6) is 1.49. The van der Waals surface area contributed by atoms with Gasteiger partial charge in [-0.2, -0.15) is 0 Å². The Hall–Kier alpha value is -3.40. The number of nitrogens with one attached hydrogen (secondary N) is 1. The molecule has 4 aromatic rings. The van der Waals surface area contributed by atoms with Gasteiger partial charge >= 0.3 is 0 Å². The van der Waals surface area contributed by atoms with E-state index in [0.717, 1.165) is 41.8 Å². The van der Waals surface area contributed by atoms with Crippen LogP contribution in [0.2, 0.25) is 0 Å². The topological polar surface area (TPSA) is 45.2 Å². The van der Waals surface area contributed by atoms with E-state index >= 15 is 0 Å². The Kier molecular flexibility index (Phi) is 5.29. The minimum atomic E-state index is -0.0576. The maximum absolute atomic E-state index is 13.3. The number of para-hydroxylation sites is 1. The average Bonchev–Trinajstić information content (AvgIpc) is 2.81. The number of nitrogens with zero attached hydrogens (tertiary/aromatic N) is 2. The molecule has 0 radical (unpaired) electrons. The van der Waals surface area contributed by atoms with Crippen molar-refractivity contribution in [1.29, 1.82) is 0 Å². The summed E-state index contributed by atoms with van der Waals surface area (Å²) >= 11 is 0. The van der Waals surface area contributed by atoms with Crippen LogP contribution in [0.3, 0.4) is 0 Å². The first-order valence-corrected chi connectivity index (χ1v) is 11.1. The molecule has 3 aromatic carbocycles. The molecule has 2 heterocycles. The molecule has 4 nitrogen and oxygen atoms in total. The van der Waals surface area contributed by atoms with Gasteiger partial charge in [0, 0.05) is 25.0 Å². The van der Waals surface area contributed by atoms with E-state index < -0.39 is 0 Å². The molecule has 1 fully saturated rings. The fourth-order valence-electron chi connectivity index (χ4n) is 4.63. The van der Waals surface area contributed by atoms with Gasteiger partial charge in [0.05, 0.1) is 11.1 Å². The Morgan fingerprint density at radius 3 is 2.68 bits per heavy atom. The van der Waals surface area contributed by atoms with Crippen LogP contribution in [0.15, 0.2) is 72.8 Å². The Balaban J connectivity index is 1.46. The second-order valence-corrected chi connectivity index (χ2v) is 8.56. The molecule has 1 aliphatic heterocycles. The number of benzene rings is 3. The Morgan fingerprint density at radius 1 is 1.03 bits per heavy atom. The van der Waals surface area contributed by atoms with Crippen molar-refractivity contribution < 1.29 is 4.79 Å². The zero-order chi connectivity index (χ0) is 21.2. The van der Waals surface area contributed by atoms with Crippen LogP contribution in [0.5, 0.6) is 0 Å². The number of pyridine rings is 1. The molecule has 1 N–H and O–H groups in total. The fourth-order valence-corrected chi connectivity index (χ4v) is 4.63. The molecule has 0 spiro atoms. The van der Waals surface area contributed by atoms with Gasteiger partial charge in [-0.1, -0.05) is 67.6 Å². The molecule has 1 atom stereocenters. The van der Waals surface area contributed by atoms with Crippen LogP contribution < -0.4 is 10.2 Å². The van der Waals surface area contributed by atoms with Crippen LogP contribution in [0, 0.1) is 5.92 Å². The van der Waals surface area contributed by atoms with E-state index in [2.05, 4.69) is 41.4 Å². The Labute approximate surface area is 182 Å². The number of rotatable bonds is 4. The van der Waals surface area contributed by atoms with Gasteiger partial charge in [-0.05, 0) is 47.2 Å². The quantitative estimate of drug-likeness (QED) is 0.480. The Bertz CT molecular complexity index is 1240. The van der Waals surface area contributed by atoms with Gasteiger partial charge in [-0.25, -0.2) is 4.98 Å². The predicted molar refractivity (Wildman–Crippen MR) is 127 cm³/mol. The number of hydrogen-bond donors (Lipinski definition) is 1. The van der Waals surface area contributed by atoms with Gasteiger partial charge in [0.15, 0.2) is 0 Å². The molecule has 1 aliphatic rings. The number of carbonyl (C=O) groups excluding carboxylic acids is 1. The number of aromatic nitrogens is 1. The molecule has 1 amide bonds. The second-order valence-electron chi connectivity index (χ2n) is 8.56. The zero-order valence-electron chi connectivity index (χ0n) is 17.8. The lowest BCUT2D eigenvalue weighted by molar-refractivity contribution is 0.0952. The van der Waals surface area contributed by atoms with Crippen LogP contribution >= 0.6 is 0 Å². The lowest BCUT2D eigenvalue weighted by Crippen LogP contribution is -2.35. The molecule has 0 bridgehead atoms. The zero-order valence-corrected chi connectivity index (χ0v) is 17.8. The minimum absolute atomic E-state index is 0.0576. The van der Waals surface area contributed by atoms with Crippen molar-refractivity contribution in [1.82, 2.24) is 10.3 Å². The number of carbonyl (C=O) groups is 1. The van der Waals surface area contributed by atoms with Crippen LogP contribution in [0.1, 0.15) is 35.7 Å². The lowest BCUT2D eigenvalue weighted by atomic mass is 10.00. The van der Waals surface area contributed by atoms with Gasteiger partial charge in [0.2, 0.25) is 0 Å². The number of anilines is 1. The van der Waals surface area contributed by atoms with Crippen molar-refractivity contribution in [2.75, 3.05) is 18.0 Å². The maximum Gasteiger partial charge on any atom is 0.252 e. The Morgan fingerprint density at radius 2 is 1.81 bits per heavy atom. The average molecular weight is 410 g/mol. The largest absolute Gasteiger partial charge is 0.356 e. The molecule has 1 aromatic heterocycles. The predicted octanol–water partition coefficient (Wildman–Crippen LogP) is 5.55. The van der Waals surface area contributed by atoms with Crippen molar-refractivity contribution in [3.8, 4) is 0 Å². The maximum atomic E-state index is 13.3. The third-order valence-corrected chi connectivity index (χ3v) is 6.25. The van der Waals surface area contributed by atoms with Gasteiger partial charge < -0.3 is 10.2 Å². The van der Waals surface area contributed by atoms with E-state index in [4.69, 9.17) is 4.98 Å². The molecule has 1 saturated heterocycles. The lowest BCUT2D eigenvalue weighted by Gasteiger charge is -2.32. The molecule has 156 valence electrons. The monoisotopic (exact) mass is 409 g/mol. The number of hydrogen-bond acceptors (Lipinski definition) is 3. The molecule has 4 heteroatoms. The highest BCUT2D eigenvalue weighted by Gasteiger charge is 2.20. The molecular weight excluding hydrogens is 382 g/mol. The molecule has 5 rings (SSSR count). The van der Waals surface area contributed by atoms with Crippen LogP contribution in [-0.2, 0) is 6.54 Å². The second kappa shape index (κ2) is 8.38. The minimum Gasteiger partial charge on any atom is -0.356 e. The smallest absolute Gasteiger partial charge is 0.252 e. The van der Waals surface area contributed by atoms with Crippen LogP contribution in [-0.4, -0.2) is 24.0 Å². The van der Waals surface area contributed by atoms with Crippen LogP contribution in [0.4, 0.5) is 5.82 Å². The summed E-state index contributed by atoms with van der Waals surface area (Å²) in [5, 5.41) is 6.41.